The highest BCUT2D eigenvalue weighted by Gasteiger charge is 2.19. The topological polar surface area (TPSA) is 38.0 Å². The van der Waals surface area contributed by atoms with Gasteiger partial charge in [-0.1, -0.05) is 28.1 Å². The third-order valence-corrected chi connectivity index (χ3v) is 3.92. The molecule has 0 aliphatic heterocycles. The van der Waals surface area contributed by atoms with Gasteiger partial charge < -0.3 is 0 Å². The molecular weight excluding hydrogens is 314 g/mol. The van der Waals surface area contributed by atoms with Crippen molar-refractivity contribution >= 4 is 15.9 Å². The average Bonchev–Trinajstić information content (AvgIpc) is 2.39. The lowest BCUT2D eigenvalue weighted by Gasteiger charge is -2.20. The summed E-state index contributed by atoms with van der Waals surface area (Å²) in [5, 5.41) is 0. The minimum Gasteiger partial charge on any atom is -0.271 e. The molecule has 1 atom stereocenters. The first-order valence-corrected chi connectivity index (χ1v) is 6.50. The maximum atomic E-state index is 13.9. The summed E-state index contributed by atoms with van der Waals surface area (Å²) in [4.78, 5) is 0. The van der Waals surface area contributed by atoms with Gasteiger partial charge in [0.1, 0.15) is 11.6 Å². The number of rotatable bonds is 3. The molecule has 0 saturated carbocycles. The van der Waals surface area contributed by atoms with Gasteiger partial charge in [-0.15, -0.1) is 0 Å². The van der Waals surface area contributed by atoms with Gasteiger partial charge >= 0.3 is 0 Å². The van der Waals surface area contributed by atoms with E-state index < -0.39 is 17.7 Å². The third kappa shape index (κ3) is 2.83. The lowest BCUT2D eigenvalue weighted by molar-refractivity contribution is 0.544. The second kappa shape index (κ2) is 5.77. The molecule has 3 N–H and O–H groups in total. The van der Waals surface area contributed by atoms with Gasteiger partial charge in [-0.2, -0.15) is 0 Å². The second-order valence-corrected chi connectivity index (χ2v) is 5.07. The minimum absolute atomic E-state index is 0.184. The van der Waals surface area contributed by atoms with Crippen LogP contribution in [0.1, 0.15) is 22.7 Å². The van der Waals surface area contributed by atoms with Crippen LogP contribution in [0.5, 0.6) is 0 Å². The Balaban J connectivity index is 2.56. The maximum absolute atomic E-state index is 13.9. The summed E-state index contributed by atoms with van der Waals surface area (Å²) in [6.07, 6.45) is 0. The monoisotopic (exact) mass is 326 g/mol. The van der Waals surface area contributed by atoms with E-state index in [0.29, 0.717) is 0 Å². The molecule has 0 amide bonds. The van der Waals surface area contributed by atoms with Crippen LogP contribution in [-0.4, -0.2) is 0 Å². The van der Waals surface area contributed by atoms with Gasteiger partial charge in [-0.05, 0) is 42.3 Å². The summed E-state index contributed by atoms with van der Waals surface area (Å²) in [7, 11) is 0. The molecule has 0 aliphatic carbocycles. The zero-order valence-corrected chi connectivity index (χ0v) is 11.8. The number of hydrogen-bond donors (Lipinski definition) is 2. The van der Waals surface area contributed by atoms with E-state index in [9.17, 15) is 8.78 Å². The minimum atomic E-state index is -0.604. The molecule has 0 fully saturated rings. The summed E-state index contributed by atoms with van der Waals surface area (Å²) in [5.41, 5.74) is 4.45. The molecule has 2 nitrogen and oxygen atoms in total. The Morgan fingerprint density at radius 3 is 2.58 bits per heavy atom. The van der Waals surface area contributed by atoms with E-state index in [1.54, 1.807) is 0 Å². The molecule has 5 heteroatoms. The largest absolute Gasteiger partial charge is 0.271 e. The van der Waals surface area contributed by atoms with E-state index in [0.717, 1.165) is 33.8 Å². The summed E-state index contributed by atoms with van der Waals surface area (Å²) >= 11 is 3.41. The Morgan fingerprint density at radius 2 is 1.89 bits per heavy atom. The van der Waals surface area contributed by atoms with Gasteiger partial charge in [0.2, 0.25) is 0 Å². The normalized spacial score (nSPS) is 12.5. The van der Waals surface area contributed by atoms with Crippen molar-refractivity contribution in [3.63, 3.8) is 0 Å². The van der Waals surface area contributed by atoms with Gasteiger partial charge in [-0.3, -0.25) is 5.84 Å². The number of hydrogen-bond acceptors (Lipinski definition) is 2. The van der Waals surface area contributed by atoms with E-state index in [-0.39, 0.29) is 5.56 Å². The molecule has 0 aromatic heterocycles. The zero-order valence-electron chi connectivity index (χ0n) is 10.3. The van der Waals surface area contributed by atoms with Crippen LogP contribution in [-0.2, 0) is 0 Å². The quantitative estimate of drug-likeness (QED) is 0.668. The van der Waals surface area contributed by atoms with Crippen LogP contribution in [0.25, 0.3) is 0 Å². The number of benzene rings is 2. The van der Waals surface area contributed by atoms with E-state index in [4.69, 9.17) is 5.84 Å². The molecule has 1 unspecified atom stereocenters. The standard InChI is InChI=1S/C14H13BrF2N2/c1-8-10(3-2-4-12(8)15)14(19-18)11-7-9(16)5-6-13(11)17/h2-7,14,19H,18H2,1H3. The van der Waals surface area contributed by atoms with Gasteiger partial charge in [0.15, 0.2) is 0 Å². The van der Waals surface area contributed by atoms with Gasteiger partial charge in [0.05, 0.1) is 6.04 Å². The lowest BCUT2D eigenvalue weighted by Crippen LogP contribution is -2.30. The first kappa shape index (κ1) is 14.1. The molecule has 0 heterocycles. The van der Waals surface area contributed by atoms with E-state index in [1.807, 2.05) is 25.1 Å². The summed E-state index contributed by atoms with van der Waals surface area (Å²) in [5.74, 6) is 4.53. The van der Waals surface area contributed by atoms with Crippen LogP contribution in [0.15, 0.2) is 40.9 Å². The molecular formula is C14H13BrF2N2. The van der Waals surface area contributed by atoms with Crippen LogP contribution in [0, 0.1) is 18.6 Å². The van der Waals surface area contributed by atoms with Crippen molar-refractivity contribution in [2.24, 2.45) is 5.84 Å². The molecule has 0 bridgehead atoms. The Morgan fingerprint density at radius 1 is 1.16 bits per heavy atom. The van der Waals surface area contributed by atoms with Crippen LogP contribution in [0.2, 0.25) is 0 Å². The highest BCUT2D eigenvalue weighted by Crippen LogP contribution is 2.30. The summed E-state index contributed by atoms with van der Waals surface area (Å²) < 4.78 is 28.0. The Kier molecular flexibility index (Phi) is 4.29. The Hall–Kier alpha value is -1.30. The smallest absolute Gasteiger partial charge is 0.128 e. The molecule has 0 radical (unpaired) electrons. The molecule has 0 aliphatic rings. The number of nitrogens with one attached hydrogen (secondary N) is 1. The van der Waals surface area contributed by atoms with Crippen LogP contribution < -0.4 is 11.3 Å². The van der Waals surface area contributed by atoms with Gasteiger partial charge in [0.25, 0.3) is 0 Å². The fraction of sp³-hybridized carbons (Fsp3) is 0.143. The third-order valence-electron chi connectivity index (χ3n) is 3.06. The summed E-state index contributed by atoms with van der Waals surface area (Å²) in [6, 6.07) is 8.27. The Labute approximate surface area is 118 Å². The molecule has 0 saturated heterocycles. The number of halogens is 3. The van der Waals surface area contributed by atoms with Crippen molar-refractivity contribution in [3.05, 3.63) is 69.2 Å². The average molecular weight is 327 g/mol. The molecule has 0 spiro atoms. The van der Waals surface area contributed by atoms with E-state index in [1.165, 1.54) is 0 Å². The SMILES string of the molecule is Cc1c(Br)cccc1C(NN)c1cc(F)ccc1F. The van der Waals surface area contributed by atoms with Crippen molar-refractivity contribution in [2.75, 3.05) is 0 Å². The fourth-order valence-corrected chi connectivity index (χ4v) is 2.40. The molecule has 2 aromatic carbocycles. The molecule has 2 aromatic rings. The molecule has 2 rings (SSSR count). The van der Waals surface area contributed by atoms with Gasteiger partial charge in [0, 0.05) is 10.0 Å². The van der Waals surface area contributed by atoms with Crippen LogP contribution in [0.3, 0.4) is 0 Å². The molecule has 100 valence electrons. The van der Waals surface area contributed by atoms with Crippen molar-refractivity contribution in [2.45, 2.75) is 13.0 Å². The second-order valence-electron chi connectivity index (χ2n) is 4.22. The lowest BCUT2D eigenvalue weighted by atomic mass is 9.95. The summed E-state index contributed by atoms with van der Waals surface area (Å²) in [6.45, 7) is 1.89. The van der Waals surface area contributed by atoms with Crippen molar-refractivity contribution < 1.29 is 8.78 Å². The van der Waals surface area contributed by atoms with Gasteiger partial charge in [-0.25, -0.2) is 14.2 Å². The van der Waals surface area contributed by atoms with Crippen LogP contribution in [0.4, 0.5) is 8.78 Å². The van der Waals surface area contributed by atoms with E-state index in [2.05, 4.69) is 21.4 Å². The maximum Gasteiger partial charge on any atom is 0.128 e. The highest BCUT2D eigenvalue weighted by atomic mass is 79.9. The van der Waals surface area contributed by atoms with Crippen LogP contribution >= 0.6 is 15.9 Å². The number of nitrogens with two attached hydrogens (primary N) is 1. The number of hydrazine groups is 1. The highest BCUT2D eigenvalue weighted by molar-refractivity contribution is 9.10. The predicted molar refractivity (Wildman–Crippen MR) is 74.4 cm³/mol. The Bertz CT molecular complexity index is 600. The first-order chi connectivity index (χ1) is 9.04. The van der Waals surface area contributed by atoms with Crippen molar-refractivity contribution in [3.8, 4) is 0 Å². The van der Waals surface area contributed by atoms with Crippen molar-refractivity contribution in [1.29, 1.82) is 0 Å². The first-order valence-electron chi connectivity index (χ1n) is 5.70. The zero-order chi connectivity index (χ0) is 14.0. The van der Waals surface area contributed by atoms with Crippen molar-refractivity contribution in [1.82, 2.24) is 5.43 Å². The van der Waals surface area contributed by atoms with E-state index >= 15 is 0 Å². The fourth-order valence-electron chi connectivity index (χ4n) is 2.02. The molecule has 19 heavy (non-hydrogen) atoms. The predicted octanol–water partition coefficient (Wildman–Crippen LogP) is 3.59.